The number of carbonyl (C=O) groups excluding carboxylic acids is 2. The molecule has 120 valence electrons. The SMILES string of the molecule is N#CCC(=O)Nc1ccc(NC(=O)/C=C/c2ccc(F)cc2)cc1. The van der Waals surface area contributed by atoms with E-state index < -0.39 is 5.91 Å². The quantitative estimate of drug-likeness (QED) is 0.828. The Morgan fingerprint density at radius 1 is 1.00 bits per heavy atom. The number of hydrogen-bond donors (Lipinski definition) is 2. The summed E-state index contributed by atoms with van der Waals surface area (Å²) in [7, 11) is 0. The first kappa shape index (κ1) is 16.9. The second kappa shape index (κ2) is 8.25. The van der Waals surface area contributed by atoms with E-state index in [2.05, 4.69) is 10.6 Å². The molecule has 0 radical (unpaired) electrons. The van der Waals surface area contributed by atoms with E-state index in [1.54, 1.807) is 48.5 Å². The molecule has 24 heavy (non-hydrogen) atoms. The number of nitriles is 1. The number of carbonyl (C=O) groups is 2. The van der Waals surface area contributed by atoms with Crippen LogP contribution in [0.4, 0.5) is 15.8 Å². The fraction of sp³-hybridized carbons (Fsp3) is 0.0556. The first-order valence-corrected chi connectivity index (χ1v) is 7.08. The van der Waals surface area contributed by atoms with E-state index in [4.69, 9.17) is 5.26 Å². The van der Waals surface area contributed by atoms with Crippen molar-refractivity contribution in [2.75, 3.05) is 10.6 Å². The lowest BCUT2D eigenvalue weighted by Crippen LogP contribution is -2.10. The molecule has 0 aromatic heterocycles. The van der Waals surface area contributed by atoms with E-state index in [-0.39, 0.29) is 18.1 Å². The summed E-state index contributed by atoms with van der Waals surface area (Å²) < 4.78 is 12.8. The monoisotopic (exact) mass is 323 g/mol. The number of amides is 2. The third-order valence-corrected chi connectivity index (χ3v) is 2.97. The molecule has 0 saturated heterocycles. The predicted octanol–water partition coefficient (Wildman–Crippen LogP) is 3.33. The van der Waals surface area contributed by atoms with Gasteiger partial charge in [0.15, 0.2) is 0 Å². The molecule has 0 aliphatic rings. The van der Waals surface area contributed by atoms with E-state index >= 15 is 0 Å². The van der Waals surface area contributed by atoms with Gasteiger partial charge in [-0.3, -0.25) is 9.59 Å². The highest BCUT2D eigenvalue weighted by atomic mass is 19.1. The van der Waals surface area contributed by atoms with E-state index in [1.165, 1.54) is 18.2 Å². The van der Waals surface area contributed by atoms with Crippen molar-refractivity contribution in [2.24, 2.45) is 0 Å². The van der Waals surface area contributed by atoms with Crippen molar-refractivity contribution in [1.29, 1.82) is 5.26 Å². The molecule has 0 fully saturated rings. The van der Waals surface area contributed by atoms with Gasteiger partial charge in [-0.1, -0.05) is 12.1 Å². The normalized spacial score (nSPS) is 10.2. The van der Waals surface area contributed by atoms with Crippen LogP contribution in [-0.4, -0.2) is 11.8 Å². The van der Waals surface area contributed by atoms with Crippen LogP contribution in [0.5, 0.6) is 0 Å². The van der Waals surface area contributed by atoms with Crippen LogP contribution >= 0.6 is 0 Å². The van der Waals surface area contributed by atoms with Gasteiger partial charge in [0.25, 0.3) is 0 Å². The Morgan fingerprint density at radius 3 is 2.17 bits per heavy atom. The van der Waals surface area contributed by atoms with Crippen LogP contribution in [0.1, 0.15) is 12.0 Å². The molecular formula is C18H14FN3O2. The summed E-state index contributed by atoms with van der Waals surface area (Å²) in [6.45, 7) is 0. The van der Waals surface area contributed by atoms with Crippen molar-refractivity contribution in [3.05, 3.63) is 66.0 Å². The smallest absolute Gasteiger partial charge is 0.248 e. The Labute approximate surface area is 138 Å². The van der Waals surface area contributed by atoms with E-state index in [0.717, 1.165) is 0 Å². The summed E-state index contributed by atoms with van der Waals surface area (Å²) in [5.41, 5.74) is 1.80. The molecule has 2 rings (SSSR count). The van der Waals surface area contributed by atoms with Crippen LogP contribution in [0, 0.1) is 17.1 Å². The minimum absolute atomic E-state index is 0.216. The fourth-order valence-electron chi connectivity index (χ4n) is 1.84. The topological polar surface area (TPSA) is 82.0 Å². The van der Waals surface area contributed by atoms with Gasteiger partial charge in [-0.05, 0) is 48.0 Å². The Balaban J connectivity index is 1.91. The van der Waals surface area contributed by atoms with Crippen LogP contribution in [0.25, 0.3) is 6.08 Å². The minimum atomic E-state index is -0.392. The van der Waals surface area contributed by atoms with Gasteiger partial charge in [0.2, 0.25) is 11.8 Å². The van der Waals surface area contributed by atoms with Gasteiger partial charge in [0.05, 0.1) is 6.07 Å². The van der Waals surface area contributed by atoms with Crippen molar-refractivity contribution in [1.82, 2.24) is 0 Å². The van der Waals surface area contributed by atoms with Crippen molar-refractivity contribution < 1.29 is 14.0 Å². The van der Waals surface area contributed by atoms with Crippen LogP contribution in [0.15, 0.2) is 54.6 Å². The number of nitrogens with zero attached hydrogens (tertiary/aromatic N) is 1. The molecule has 2 N–H and O–H groups in total. The third-order valence-electron chi connectivity index (χ3n) is 2.97. The Morgan fingerprint density at radius 2 is 1.58 bits per heavy atom. The zero-order chi connectivity index (χ0) is 17.4. The van der Waals surface area contributed by atoms with Gasteiger partial charge in [-0.25, -0.2) is 4.39 Å². The Hall–Kier alpha value is -3.46. The maximum Gasteiger partial charge on any atom is 0.248 e. The molecule has 0 heterocycles. The zero-order valence-electron chi connectivity index (χ0n) is 12.6. The Kier molecular flexibility index (Phi) is 5.81. The standard InChI is InChI=1S/C18H14FN3O2/c19-14-4-1-13(2-5-14)3-10-17(23)21-15-6-8-16(9-7-15)22-18(24)11-12-20/h1-10H,11H2,(H,21,23)(H,22,24)/b10-3+. The first-order valence-electron chi connectivity index (χ1n) is 7.08. The number of hydrogen-bond acceptors (Lipinski definition) is 3. The predicted molar refractivity (Wildman–Crippen MR) is 89.4 cm³/mol. The van der Waals surface area contributed by atoms with E-state index in [1.807, 2.05) is 0 Å². The summed E-state index contributed by atoms with van der Waals surface area (Å²) in [5, 5.41) is 13.6. The number of nitrogens with one attached hydrogen (secondary N) is 2. The summed E-state index contributed by atoms with van der Waals surface area (Å²) in [4.78, 5) is 23.1. The van der Waals surface area contributed by atoms with Crippen LogP contribution in [-0.2, 0) is 9.59 Å². The Bertz CT molecular complexity index is 791. The average Bonchev–Trinajstić information content (AvgIpc) is 2.56. The molecule has 2 aromatic carbocycles. The molecule has 5 nitrogen and oxygen atoms in total. The molecule has 0 unspecified atom stereocenters. The molecule has 0 aliphatic heterocycles. The third kappa shape index (κ3) is 5.39. The summed E-state index contributed by atoms with van der Waals surface area (Å²) in [5.74, 6) is -1.06. The van der Waals surface area contributed by atoms with E-state index in [9.17, 15) is 14.0 Å². The van der Waals surface area contributed by atoms with Gasteiger partial charge in [-0.15, -0.1) is 0 Å². The summed E-state index contributed by atoms with van der Waals surface area (Å²) in [6.07, 6.45) is 2.70. The van der Waals surface area contributed by atoms with Crippen LogP contribution < -0.4 is 10.6 Å². The van der Waals surface area contributed by atoms with E-state index in [0.29, 0.717) is 16.9 Å². The van der Waals surface area contributed by atoms with Crippen molar-refractivity contribution in [3.63, 3.8) is 0 Å². The van der Waals surface area contributed by atoms with Crippen molar-refractivity contribution >= 4 is 29.3 Å². The van der Waals surface area contributed by atoms with Gasteiger partial charge in [-0.2, -0.15) is 5.26 Å². The molecule has 0 aliphatic carbocycles. The van der Waals surface area contributed by atoms with Crippen molar-refractivity contribution in [3.8, 4) is 6.07 Å². The lowest BCUT2D eigenvalue weighted by Gasteiger charge is -2.05. The molecule has 0 saturated carbocycles. The van der Waals surface area contributed by atoms with Crippen molar-refractivity contribution in [2.45, 2.75) is 6.42 Å². The molecule has 0 spiro atoms. The molecule has 0 atom stereocenters. The van der Waals surface area contributed by atoms with Crippen LogP contribution in [0.2, 0.25) is 0 Å². The first-order chi connectivity index (χ1) is 11.6. The average molecular weight is 323 g/mol. The molecular weight excluding hydrogens is 309 g/mol. The molecule has 0 bridgehead atoms. The van der Waals surface area contributed by atoms with Gasteiger partial charge < -0.3 is 10.6 Å². The molecule has 2 aromatic rings. The largest absolute Gasteiger partial charge is 0.325 e. The number of rotatable bonds is 5. The lowest BCUT2D eigenvalue weighted by atomic mass is 10.2. The summed E-state index contributed by atoms with van der Waals surface area (Å²) >= 11 is 0. The second-order valence-electron chi connectivity index (χ2n) is 4.83. The highest BCUT2D eigenvalue weighted by molar-refractivity contribution is 6.02. The summed E-state index contributed by atoms with van der Waals surface area (Å²) in [6, 6.07) is 14.0. The highest BCUT2D eigenvalue weighted by Gasteiger charge is 2.02. The molecule has 6 heteroatoms. The minimum Gasteiger partial charge on any atom is -0.325 e. The number of anilines is 2. The fourth-order valence-corrected chi connectivity index (χ4v) is 1.84. The zero-order valence-corrected chi connectivity index (χ0v) is 12.6. The van der Waals surface area contributed by atoms with Crippen LogP contribution in [0.3, 0.4) is 0 Å². The highest BCUT2D eigenvalue weighted by Crippen LogP contribution is 2.14. The number of halogens is 1. The maximum atomic E-state index is 12.8. The van der Waals surface area contributed by atoms with Gasteiger partial charge in [0.1, 0.15) is 12.2 Å². The van der Waals surface area contributed by atoms with Gasteiger partial charge >= 0.3 is 0 Å². The maximum absolute atomic E-state index is 12.8. The number of benzene rings is 2. The van der Waals surface area contributed by atoms with Gasteiger partial charge in [0, 0.05) is 17.5 Å². The second-order valence-corrected chi connectivity index (χ2v) is 4.83. The lowest BCUT2D eigenvalue weighted by molar-refractivity contribution is -0.115. The molecule has 2 amide bonds.